The molecule has 1 N–H and O–H groups in total. The first-order valence-corrected chi connectivity index (χ1v) is 7.91. The van der Waals surface area contributed by atoms with E-state index >= 15 is 0 Å². The van der Waals surface area contributed by atoms with Gasteiger partial charge in [0, 0.05) is 18.0 Å². The summed E-state index contributed by atoms with van der Waals surface area (Å²) in [6, 6.07) is 10.7. The molecular formula is C17H15ClN4O3. The van der Waals surface area contributed by atoms with Crippen molar-refractivity contribution in [2.24, 2.45) is 0 Å². The Kier molecular flexibility index (Phi) is 4.95. The molecule has 1 heterocycles. The standard InChI is InChI=1S/C17H15ClN4O3/c1-25-12-4-2-3-11(7-12)5-6-19-17-13-8-16(22(23)24)14(18)9-15(13)20-10-21-17/h2-4,7-10H,5-6H2,1H3,(H,19,20,21). The van der Waals surface area contributed by atoms with Gasteiger partial charge in [-0.05, 0) is 30.2 Å². The lowest BCUT2D eigenvalue weighted by molar-refractivity contribution is -0.384. The third-order valence-electron chi connectivity index (χ3n) is 3.74. The van der Waals surface area contributed by atoms with Gasteiger partial charge in [0.05, 0.1) is 17.5 Å². The molecule has 25 heavy (non-hydrogen) atoms. The van der Waals surface area contributed by atoms with Gasteiger partial charge in [-0.2, -0.15) is 0 Å². The molecule has 8 heteroatoms. The largest absolute Gasteiger partial charge is 0.497 e. The van der Waals surface area contributed by atoms with Crippen LogP contribution in [-0.2, 0) is 6.42 Å². The number of aromatic nitrogens is 2. The maximum atomic E-state index is 11.1. The van der Waals surface area contributed by atoms with Crippen molar-refractivity contribution in [1.82, 2.24) is 9.97 Å². The van der Waals surface area contributed by atoms with Gasteiger partial charge >= 0.3 is 0 Å². The van der Waals surface area contributed by atoms with Crippen molar-refractivity contribution in [1.29, 1.82) is 0 Å². The van der Waals surface area contributed by atoms with Crippen LogP contribution >= 0.6 is 11.6 Å². The van der Waals surface area contributed by atoms with Crippen LogP contribution in [0.5, 0.6) is 5.75 Å². The average Bonchev–Trinajstić information content (AvgIpc) is 2.61. The monoisotopic (exact) mass is 358 g/mol. The molecule has 0 radical (unpaired) electrons. The summed E-state index contributed by atoms with van der Waals surface area (Å²) in [5.41, 5.74) is 1.49. The van der Waals surface area contributed by atoms with E-state index in [1.54, 1.807) is 7.11 Å². The van der Waals surface area contributed by atoms with Crippen molar-refractivity contribution in [3.05, 3.63) is 63.4 Å². The van der Waals surface area contributed by atoms with Gasteiger partial charge in [0.1, 0.15) is 22.9 Å². The fourth-order valence-corrected chi connectivity index (χ4v) is 2.73. The summed E-state index contributed by atoms with van der Waals surface area (Å²) >= 11 is 5.93. The molecule has 0 fully saturated rings. The maximum Gasteiger partial charge on any atom is 0.288 e. The van der Waals surface area contributed by atoms with E-state index in [0.29, 0.717) is 23.3 Å². The highest BCUT2D eigenvalue weighted by atomic mass is 35.5. The van der Waals surface area contributed by atoms with E-state index in [1.807, 2.05) is 24.3 Å². The van der Waals surface area contributed by atoms with Gasteiger partial charge in [0.25, 0.3) is 5.69 Å². The Labute approximate surface area is 148 Å². The molecule has 0 aliphatic rings. The predicted octanol–water partition coefficient (Wildman–Crippen LogP) is 3.85. The highest BCUT2D eigenvalue weighted by Gasteiger charge is 2.16. The summed E-state index contributed by atoms with van der Waals surface area (Å²) in [5.74, 6) is 1.34. The van der Waals surface area contributed by atoms with E-state index in [2.05, 4.69) is 15.3 Å². The summed E-state index contributed by atoms with van der Waals surface area (Å²) in [6.45, 7) is 0.607. The number of nitro benzene ring substituents is 1. The maximum absolute atomic E-state index is 11.1. The van der Waals surface area contributed by atoms with E-state index in [4.69, 9.17) is 16.3 Å². The van der Waals surface area contributed by atoms with Crippen molar-refractivity contribution < 1.29 is 9.66 Å². The van der Waals surface area contributed by atoms with Crippen LogP contribution in [0.2, 0.25) is 5.02 Å². The van der Waals surface area contributed by atoms with Crippen molar-refractivity contribution in [2.75, 3.05) is 19.0 Å². The Bertz CT molecular complexity index is 933. The molecule has 0 bridgehead atoms. The van der Waals surface area contributed by atoms with Gasteiger partial charge < -0.3 is 10.1 Å². The molecule has 3 aromatic rings. The van der Waals surface area contributed by atoms with E-state index < -0.39 is 4.92 Å². The Morgan fingerprint density at radius 2 is 2.12 bits per heavy atom. The molecule has 0 aliphatic carbocycles. The number of hydrogen-bond donors (Lipinski definition) is 1. The predicted molar refractivity (Wildman–Crippen MR) is 96.4 cm³/mol. The van der Waals surface area contributed by atoms with Crippen LogP contribution in [0.25, 0.3) is 10.9 Å². The highest BCUT2D eigenvalue weighted by Crippen LogP contribution is 2.31. The zero-order chi connectivity index (χ0) is 17.8. The molecule has 128 valence electrons. The van der Waals surface area contributed by atoms with Crippen molar-refractivity contribution >= 4 is 34.0 Å². The number of methoxy groups -OCH3 is 1. The van der Waals surface area contributed by atoms with E-state index in [0.717, 1.165) is 17.7 Å². The molecule has 7 nitrogen and oxygen atoms in total. The second-order valence-corrected chi connectivity index (χ2v) is 5.74. The van der Waals surface area contributed by atoms with Crippen molar-refractivity contribution in [2.45, 2.75) is 6.42 Å². The Balaban J connectivity index is 1.81. The Hall–Kier alpha value is -2.93. The lowest BCUT2D eigenvalue weighted by Gasteiger charge is -2.09. The number of ether oxygens (including phenoxy) is 1. The van der Waals surface area contributed by atoms with Crippen LogP contribution in [-0.4, -0.2) is 28.5 Å². The van der Waals surface area contributed by atoms with Crippen LogP contribution < -0.4 is 10.1 Å². The second kappa shape index (κ2) is 7.31. The number of fused-ring (bicyclic) bond motifs is 1. The molecule has 0 spiro atoms. The number of anilines is 1. The molecule has 0 saturated heterocycles. The topological polar surface area (TPSA) is 90.2 Å². The highest BCUT2D eigenvalue weighted by molar-refractivity contribution is 6.33. The van der Waals surface area contributed by atoms with Gasteiger partial charge in [-0.15, -0.1) is 0 Å². The smallest absolute Gasteiger partial charge is 0.288 e. The molecular weight excluding hydrogens is 344 g/mol. The summed E-state index contributed by atoms with van der Waals surface area (Å²) in [5, 5.41) is 14.9. The minimum Gasteiger partial charge on any atom is -0.497 e. The van der Waals surface area contributed by atoms with E-state index in [1.165, 1.54) is 18.5 Å². The Morgan fingerprint density at radius 1 is 1.28 bits per heavy atom. The SMILES string of the molecule is COc1cccc(CCNc2ncnc3cc(Cl)c([N+](=O)[O-])cc23)c1. The molecule has 0 atom stereocenters. The van der Waals surface area contributed by atoms with Crippen LogP contribution in [0.15, 0.2) is 42.7 Å². The molecule has 0 saturated carbocycles. The number of nitrogens with zero attached hydrogens (tertiary/aromatic N) is 3. The van der Waals surface area contributed by atoms with Gasteiger partial charge in [-0.3, -0.25) is 10.1 Å². The normalized spacial score (nSPS) is 10.6. The summed E-state index contributed by atoms with van der Waals surface area (Å²) in [6.07, 6.45) is 2.15. The van der Waals surface area contributed by atoms with Crippen molar-refractivity contribution in [3.63, 3.8) is 0 Å². The lowest BCUT2D eigenvalue weighted by atomic mass is 10.1. The number of rotatable bonds is 6. The summed E-state index contributed by atoms with van der Waals surface area (Å²) < 4.78 is 5.21. The molecule has 1 aromatic heterocycles. The lowest BCUT2D eigenvalue weighted by Crippen LogP contribution is -2.07. The average molecular weight is 359 g/mol. The van der Waals surface area contributed by atoms with E-state index in [9.17, 15) is 10.1 Å². The first kappa shape index (κ1) is 16.9. The number of benzene rings is 2. The molecule has 0 amide bonds. The Morgan fingerprint density at radius 3 is 2.88 bits per heavy atom. The molecule has 3 rings (SSSR count). The first-order chi connectivity index (χ1) is 12.1. The first-order valence-electron chi connectivity index (χ1n) is 7.54. The summed E-state index contributed by atoms with van der Waals surface area (Å²) in [7, 11) is 1.63. The number of halogens is 1. The van der Waals surface area contributed by atoms with Gasteiger partial charge in [0.15, 0.2) is 0 Å². The fraction of sp³-hybridized carbons (Fsp3) is 0.176. The minimum absolute atomic E-state index is 0.0542. The third kappa shape index (κ3) is 3.77. The van der Waals surface area contributed by atoms with Crippen molar-refractivity contribution in [3.8, 4) is 5.75 Å². The van der Waals surface area contributed by atoms with E-state index in [-0.39, 0.29) is 10.7 Å². The molecule has 0 aliphatic heterocycles. The second-order valence-electron chi connectivity index (χ2n) is 5.33. The number of nitro groups is 1. The van der Waals surface area contributed by atoms with Crippen LogP contribution in [0, 0.1) is 10.1 Å². The van der Waals surface area contributed by atoms with Gasteiger partial charge in [0.2, 0.25) is 0 Å². The molecule has 2 aromatic carbocycles. The van der Waals surface area contributed by atoms with Crippen LogP contribution in [0.4, 0.5) is 11.5 Å². The van der Waals surface area contributed by atoms with Gasteiger partial charge in [-0.1, -0.05) is 23.7 Å². The van der Waals surface area contributed by atoms with Crippen LogP contribution in [0.1, 0.15) is 5.56 Å². The molecule has 0 unspecified atom stereocenters. The van der Waals surface area contributed by atoms with Gasteiger partial charge in [-0.25, -0.2) is 9.97 Å². The third-order valence-corrected chi connectivity index (χ3v) is 4.04. The zero-order valence-electron chi connectivity index (χ0n) is 13.4. The summed E-state index contributed by atoms with van der Waals surface area (Å²) in [4.78, 5) is 18.9. The quantitative estimate of drug-likeness (QED) is 0.531. The number of nitrogens with one attached hydrogen (secondary N) is 1. The number of hydrogen-bond acceptors (Lipinski definition) is 6. The zero-order valence-corrected chi connectivity index (χ0v) is 14.2. The van der Waals surface area contributed by atoms with Crippen LogP contribution in [0.3, 0.4) is 0 Å². The fourth-order valence-electron chi connectivity index (χ4n) is 2.50. The minimum atomic E-state index is -0.519.